The Morgan fingerprint density at radius 3 is 2.73 bits per heavy atom. The van der Waals surface area contributed by atoms with Crippen LogP contribution in [0.4, 0.5) is 4.39 Å². The Balaban J connectivity index is 1.71. The van der Waals surface area contributed by atoms with E-state index >= 15 is 0 Å². The van der Waals surface area contributed by atoms with E-state index < -0.39 is 27.8 Å². The van der Waals surface area contributed by atoms with Gasteiger partial charge < -0.3 is 9.30 Å². The first-order valence-electron chi connectivity index (χ1n) is 10.4. The molecule has 1 aliphatic heterocycles. The van der Waals surface area contributed by atoms with Crippen molar-refractivity contribution in [2.75, 3.05) is 25.7 Å². The fraction of sp³-hybridized carbons (Fsp3) is 0.364. The predicted octanol–water partition coefficient (Wildman–Crippen LogP) is 3.49. The number of amides is 1. The summed E-state index contributed by atoms with van der Waals surface area (Å²) in [5.74, 6) is 0.533. The van der Waals surface area contributed by atoms with Crippen molar-refractivity contribution in [3.05, 3.63) is 53.1 Å². The quantitative estimate of drug-likeness (QED) is 0.487. The third-order valence-electron chi connectivity index (χ3n) is 5.52. The molecule has 0 radical (unpaired) electrons. The van der Waals surface area contributed by atoms with Crippen LogP contribution >= 0.6 is 23.1 Å². The zero-order valence-electron chi connectivity index (χ0n) is 18.2. The number of thiazole rings is 1. The number of sulfonamides is 1. The lowest BCUT2D eigenvalue weighted by molar-refractivity contribution is -0.121. The Hall–Kier alpha value is -2.21. The number of methoxy groups -OCH3 is 1. The average Bonchev–Trinajstić information content (AvgIpc) is 3.43. The highest BCUT2D eigenvalue weighted by atomic mass is 32.2. The molecular formula is C22H24FN3O4S3. The minimum Gasteiger partial charge on any atom is -0.497 e. The summed E-state index contributed by atoms with van der Waals surface area (Å²) in [4.78, 5) is 18.1. The molecule has 2 heterocycles. The van der Waals surface area contributed by atoms with E-state index in [2.05, 4.69) is 4.99 Å². The number of carbonyl (C=O) groups excluding carboxylic acids is 1. The first-order chi connectivity index (χ1) is 15.8. The second-order valence-corrected chi connectivity index (χ2v) is 11.4. The Bertz CT molecular complexity index is 1330. The molecule has 1 aromatic heterocycles. The summed E-state index contributed by atoms with van der Waals surface area (Å²) in [7, 11) is -2.34. The number of aryl methyl sites for hydroxylation is 1. The molecule has 0 N–H and O–H groups in total. The molecule has 33 heavy (non-hydrogen) atoms. The molecule has 11 heteroatoms. The van der Waals surface area contributed by atoms with Gasteiger partial charge in [0.2, 0.25) is 10.0 Å². The molecular weight excluding hydrogens is 485 g/mol. The molecule has 7 nitrogen and oxygen atoms in total. The van der Waals surface area contributed by atoms with Crippen LogP contribution in [0.15, 0.2) is 52.4 Å². The maximum Gasteiger partial charge on any atom is 0.266 e. The van der Waals surface area contributed by atoms with Gasteiger partial charge in [-0.1, -0.05) is 11.3 Å². The fourth-order valence-corrected chi connectivity index (χ4v) is 6.90. The number of nitrogens with zero attached hydrogens (tertiary/aromatic N) is 3. The number of carbonyl (C=O) groups is 1. The van der Waals surface area contributed by atoms with Crippen molar-refractivity contribution < 1.29 is 22.3 Å². The van der Waals surface area contributed by atoms with E-state index in [0.29, 0.717) is 29.9 Å². The highest BCUT2D eigenvalue weighted by Gasteiger charge is 2.39. The van der Waals surface area contributed by atoms with Gasteiger partial charge in [-0.15, -0.1) is 0 Å². The van der Waals surface area contributed by atoms with Crippen LogP contribution in [-0.4, -0.2) is 54.9 Å². The van der Waals surface area contributed by atoms with Crippen molar-refractivity contribution in [3.8, 4) is 5.75 Å². The van der Waals surface area contributed by atoms with Crippen LogP contribution in [0, 0.1) is 5.82 Å². The molecule has 1 atom stereocenters. The second-order valence-electron chi connectivity index (χ2n) is 7.54. The molecule has 0 bridgehead atoms. The van der Waals surface area contributed by atoms with E-state index in [9.17, 15) is 17.6 Å². The first-order valence-corrected chi connectivity index (χ1v) is 14.0. The van der Waals surface area contributed by atoms with Crippen LogP contribution in [-0.2, 0) is 21.4 Å². The average molecular weight is 510 g/mol. The Kier molecular flexibility index (Phi) is 7.22. The van der Waals surface area contributed by atoms with Crippen molar-refractivity contribution in [2.45, 2.75) is 30.3 Å². The number of benzene rings is 2. The molecule has 2 aromatic carbocycles. The highest BCUT2D eigenvalue weighted by molar-refractivity contribution is 7.98. The van der Waals surface area contributed by atoms with Crippen molar-refractivity contribution in [1.29, 1.82) is 0 Å². The van der Waals surface area contributed by atoms with E-state index in [0.717, 1.165) is 28.1 Å². The van der Waals surface area contributed by atoms with Crippen LogP contribution in [0.5, 0.6) is 5.75 Å². The van der Waals surface area contributed by atoms with Gasteiger partial charge in [-0.25, -0.2) is 12.8 Å². The largest absolute Gasteiger partial charge is 0.497 e. The summed E-state index contributed by atoms with van der Waals surface area (Å²) >= 11 is 3.07. The van der Waals surface area contributed by atoms with Crippen LogP contribution in [0.1, 0.15) is 12.8 Å². The summed E-state index contributed by atoms with van der Waals surface area (Å²) in [6, 6.07) is 9.46. The Morgan fingerprint density at radius 1 is 1.27 bits per heavy atom. The fourth-order valence-electron chi connectivity index (χ4n) is 3.85. The number of thioether (sulfide) groups is 1. The van der Waals surface area contributed by atoms with E-state index in [1.165, 1.54) is 27.8 Å². The van der Waals surface area contributed by atoms with Gasteiger partial charge >= 0.3 is 0 Å². The number of hydrogen-bond donors (Lipinski definition) is 0. The second kappa shape index (κ2) is 9.96. The summed E-state index contributed by atoms with van der Waals surface area (Å²) in [5.41, 5.74) is 0.919. The third kappa shape index (κ3) is 4.86. The minimum atomic E-state index is -3.94. The van der Waals surface area contributed by atoms with E-state index in [-0.39, 0.29) is 11.4 Å². The zero-order chi connectivity index (χ0) is 23.6. The van der Waals surface area contributed by atoms with Crippen LogP contribution in [0.3, 0.4) is 0 Å². The monoisotopic (exact) mass is 509 g/mol. The molecule has 1 fully saturated rings. The van der Waals surface area contributed by atoms with Gasteiger partial charge in [-0.3, -0.25) is 4.79 Å². The van der Waals surface area contributed by atoms with E-state index in [4.69, 9.17) is 4.74 Å². The zero-order valence-corrected chi connectivity index (χ0v) is 20.7. The van der Waals surface area contributed by atoms with Gasteiger partial charge in [0.1, 0.15) is 17.6 Å². The number of ether oxygens (including phenoxy) is 1. The Labute approximate surface area is 199 Å². The summed E-state index contributed by atoms with van der Waals surface area (Å²) in [6.45, 7) is 0.879. The maximum atomic E-state index is 13.3. The number of fused-ring (bicyclic) bond motifs is 1. The summed E-state index contributed by atoms with van der Waals surface area (Å²) in [5, 5.41) is 0. The van der Waals surface area contributed by atoms with E-state index in [1.807, 2.05) is 29.0 Å². The molecule has 1 aliphatic rings. The molecule has 176 valence electrons. The smallest absolute Gasteiger partial charge is 0.266 e. The normalized spacial score (nSPS) is 17.7. The van der Waals surface area contributed by atoms with Crippen LogP contribution in [0.2, 0.25) is 0 Å². The molecule has 0 aliphatic carbocycles. The van der Waals surface area contributed by atoms with Crippen LogP contribution in [0.25, 0.3) is 10.2 Å². The number of rotatable bonds is 7. The highest BCUT2D eigenvalue weighted by Crippen LogP contribution is 2.28. The molecule has 4 rings (SSSR count). The summed E-state index contributed by atoms with van der Waals surface area (Å²) in [6.07, 6.45) is 2.96. The van der Waals surface area contributed by atoms with Crippen molar-refractivity contribution in [3.63, 3.8) is 0 Å². The summed E-state index contributed by atoms with van der Waals surface area (Å²) < 4.78 is 49.0. The van der Waals surface area contributed by atoms with Gasteiger partial charge in [0.25, 0.3) is 5.91 Å². The van der Waals surface area contributed by atoms with Gasteiger partial charge in [-0.2, -0.15) is 21.1 Å². The molecule has 0 saturated carbocycles. The maximum absolute atomic E-state index is 13.3. The SMILES string of the molecule is COc1ccc2sc(=NC(=O)C3CCCN3S(=O)(=O)c3ccc(F)cc3)n(CCSC)c2c1. The lowest BCUT2D eigenvalue weighted by Crippen LogP contribution is -2.40. The van der Waals surface area contributed by atoms with E-state index in [1.54, 1.807) is 18.9 Å². The standard InChI is InChI=1S/C22H24FN3O4S3/c1-30-16-7-10-20-19(14-16)25(12-13-31-2)22(32-20)24-21(27)18-4-3-11-26(18)33(28,29)17-8-5-15(23)6-9-17/h5-10,14,18H,3-4,11-13H2,1-2H3. The number of aromatic nitrogens is 1. The third-order valence-corrected chi connectivity index (χ3v) is 9.10. The minimum absolute atomic E-state index is 0.0346. The molecule has 1 amide bonds. The molecule has 1 unspecified atom stereocenters. The number of halogens is 1. The number of hydrogen-bond acceptors (Lipinski definition) is 6. The van der Waals surface area contributed by atoms with Gasteiger partial charge in [0, 0.05) is 24.9 Å². The van der Waals surface area contributed by atoms with Crippen LogP contribution < -0.4 is 9.54 Å². The predicted molar refractivity (Wildman–Crippen MR) is 129 cm³/mol. The van der Waals surface area contributed by atoms with Crippen molar-refractivity contribution >= 4 is 49.2 Å². The molecule has 1 saturated heterocycles. The lowest BCUT2D eigenvalue weighted by atomic mass is 10.2. The Morgan fingerprint density at radius 2 is 2.03 bits per heavy atom. The molecule has 0 spiro atoms. The first kappa shape index (κ1) is 23.9. The van der Waals surface area contributed by atoms with Crippen molar-refractivity contribution in [1.82, 2.24) is 8.87 Å². The van der Waals surface area contributed by atoms with Gasteiger partial charge in [0.15, 0.2) is 4.80 Å². The van der Waals surface area contributed by atoms with Gasteiger partial charge in [0.05, 0.1) is 22.2 Å². The van der Waals surface area contributed by atoms with Gasteiger partial charge in [-0.05, 0) is 55.5 Å². The van der Waals surface area contributed by atoms with Crippen molar-refractivity contribution in [2.24, 2.45) is 4.99 Å². The lowest BCUT2D eigenvalue weighted by Gasteiger charge is -2.21. The topological polar surface area (TPSA) is 81.0 Å². The molecule has 3 aromatic rings.